The summed E-state index contributed by atoms with van der Waals surface area (Å²) in [5.74, 6) is 1.11. The van der Waals surface area contributed by atoms with Gasteiger partial charge in [-0.1, -0.05) is 0 Å². The van der Waals surface area contributed by atoms with Gasteiger partial charge in [0.05, 0.1) is 12.1 Å². The molecular weight excluding hydrogens is 331 g/mol. The van der Waals surface area contributed by atoms with Crippen molar-refractivity contribution in [1.29, 1.82) is 0 Å². The maximum absolute atomic E-state index is 12.5. The van der Waals surface area contributed by atoms with E-state index in [0.717, 1.165) is 0 Å². The van der Waals surface area contributed by atoms with Crippen LogP contribution in [0.2, 0.25) is 0 Å². The van der Waals surface area contributed by atoms with Crippen molar-refractivity contribution in [2.45, 2.75) is 6.92 Å². The summed E-state index contributed by atoms with van der Waals surface area (Å²) >= 11 is 0. The summed E-state index contributed by atoms with van der Waals surface area (Å²) < 4.78 is 28.3. The molecule has 1 N–H and O–H groups in total. The molecule has 0 aliphatic carbocycles. The Morgan fingerprint density at radius 2 is 1.79 bits per heavy atom. The molecule has 3 aromatic rings. The molecule has 4 rings (SSSR count). The summed E-state index contributed by atoms with van der Waals surface area (Å²) in [7, 11) is -3.13. The van der Waals surface area contributed by atoms with Crippen molar-refractivity contribution >= 4 is 18.6 Å². The van der Waals surface area contributed by atoms with Crippen molar-refractivity contribution in [3.05, 3.63) is 52.2 Å². The molecule has 2 heterocycles. The summed E-state index contributed by atoms with van der Waals surface area (Å²) in [6.45, 7) is 3.06. The number of hydrogen-bond donors (Lipinski definition) is 1. The van der Waals surface area contributed by atoms with E-state index in [1.807, 2.05) is 0 Å². The summed E-state index contributed by atoms with van der Waals surface area (Å²) in [6.07, 6.45) is 0. The monoisotopic (exact) mass is 344 g/mol. The van der Waals surface area contributed by atoms with Crippen LogP contribution in [0.15, 0.2) is 45.6 Å². The van der Waals surface area contributed by atoms with Crippen molar-refractivity contribution in [3.8, 4) is 28.6 Å². The summed E-state index contributed by atoms with van der Waals surface area (Å²) in [4.78, 5) is 12.5. The van der Waals surface area contributed by atoms with Crippen molar-refractivity contribution < 1.29 is 23.1 Å². The van der Waals surface area contributed by atoms with E-state index in [-0.39, 0.29) is 11.2 Å². The predicted molar refractivity (Wildman–Crippen MR) is 89.1 cm³/mol. The molecule has 2 aromatic carbocycles. The topological polar surface area (TPSA) is 86.0 Å². The van der Waals surface area contributed by atoms with Crippen LogP contribution in [-0.2, 0) is 4.57 Å². The van der Waals surface area contributed by atoms with Gasteiger partial charge in [-0.3, -0.25) is 4.79 Å². The Balaban J connectivity index is 1.93. The first-order valence-electron chi connectivity index (χ1n) is 7.22. The van der Waals surface area contributed by atoms with Crippen LogP contribution in [0.5, 0.6) is 17.2 Å². The molecule has 24 heavy (non-hydrogen) atoms. The molecule has 0 amide bonds. The SMILES string of the molecule is Cc1c(-c2ccc3c(c2)OP(C)(=O)O3)oc2cc(O)ccc2c1=O. The zero-order chi connectivity index (χ0) is 17.1. The second-order valence-corrected chi connectivity index (χ2v) is 7.59. The first kappa shape index (κ1) is 14.8. The van der Waals surface area contributed by atoms with Crippen LogP contribution in [0.3, 0.4) is 0 Å². The van der Waals surface area contributed by atoms with Crippen LogP contribution >= 0.6 is 7.60 Å². The number of benzene rings is 2. The quantitative estimate of drug-likeness (QED) is 0.670. The van der Waals surface area contributed by atoms with Gasteiger partial charge in [0.2, 0.25) is 0 Å². The van der Waals surface area contributed by atoms with Crippen molar-refractivity contribution in [1.82, 2.24) is 0 Å². The molecular formula is C17H13O6P. The Kier molecular flexibility index (Phi) is 3.02. The molecule has 6 nitrogen and oxygen atoms in total. The van der Waals surface area contributed by atoms with Gasteiger partial charge in [0, 0.05) is 17.2 Å². The van der Waals surface area contributed by atoms with Gasteiger partial charge in [0.25, 0.3) is 0 Å². The van der Waals surface area contributed by atoms with Crippen LogP contribution in [0.4, 0.5) is 0 Å². The maximum atomic E-state index is 12.5. The third-order valence-corrected chi connectivity index (χ3v) is 4.89. The minimum Gasteiger partial charge on any atom is -0.508 e. The summed E-state index contributed by atoms with van der Waals surface area (Å²) in [5.41, 5.74) is 1.15. The highest BCUT2D eigenvalue weighted by Crippen LogP contribution is 2.56. The molecule has 1 atom stereocenters. The van der Waals surface area contributed by atoms with Crippen LogP contribution in [0.25, 0.3) is 22.3 Å². The van der Waals surface area contributed by atoms with E-state index in [4.69, 9.17) is 13.5 Å². The fourth-order valence-corrected chi connectivity index (χ4v) is 3.77. The van der Waals surface area contributed by atoms with E-state index in [0.29, 0.717) is 39.4 Å². The molecule has 0 saturated heterocycles. The number of phenolic OH excluding ortho intramolecular Hbond substituents is 1. The summed E-state index contributed by atoms with van der Waals surface area (Å²) in [5, 5.41) is 10.0. The molecule has 122 valence electrons. The molecule has 0 radical (unpaired) electrons. The van der Waals surface area contributed by atoms with Crippen molar-refractivity contribution in [3.63, 3.8) is 0 Å². The fourth-order valence-electron chi connectivity index (χ4n) is 2.72. The zero-order valence-electron chi connectivity index (χ0n) is 12.9. The van der Waals surface area contributed by atoms with Crippen LogP contribution < -0.4 is 14.5 Å². The number of aromatic hydroxyl groups is 1. The first-order valence-corrected chi connectivity index (χ1v) is 9.21. The first-order chi connectivity index (χ1) is 11.3. The second-order valence-electron chi connectivity index (χ2n) is 5.68. The Labute approximate surface area is 136 Å². The third kappa shape index (κ3) is 2.27. The number of rotatable bonds is 1. The van der Waals surface area contributed by atoms with Gasteiger partial charge >= 0.3 is 7.60 Å². The minimum absolute atomic E-state index is 0.0121. The smallest absolute Gasteiger partial charge is 0.427 e. The lowest BCUT2D eigenvalue weighted by atomic mass is 10.1. The lowest BCUT2D eigenvalue weighted by Gasteiger charge is -2.08. The Bertz CT molecular complexity index is 1100. The number of phenols is 1. The highest BCUT2D eigenvalue weighted by molar-refractivity contribution is 7.54. The standard InChI is InChI=1S/C17H13O6P/c1-9-16(19)12-5-4-11(18)8-14(12)21-17(9)10-3-6-13-15(7-10)23-24(2,20)22-13/h3-8,18H,1-2H3. The minimum atomic E-state index is -3.13. The highest BCUT2D eigenvalue weighted by atomic mass is 31.2. The second kappa shape index (κ2) is 4.89. The molecule has 0 fully saturated rings. The van der Waals surface area contributed by atoms with Gasteiger partial charge in [-0.2, -0.15) is 0 Å². The largest absolute Gasteiger partial charge is 0.508 e. The fraction of sp³-hybridized carbons (Fsp3) is 0.118. The Morgan fingerprint density at radius 1 is 1.04 bits per heavy atom. The normalized spacial score (nSPS) is 18.9. The molecule has 0 saturated carbocycles. The van der Waals surface area contributed by atoms with Crippen LogP contribution in [0.1, 0.15) is 5.56 Å². The van der Waals surface area contributed by atoms with E-state index in [1.54, 1.807) is 25.1 Å². The van der Waals surface area contributed by atoms with E-state index in [9.17, 15) is 14.5 Å². The number of fused-ring (bicyclic) bond motifs is 2. The molecule has 1 aliphatic rings. The van der Waals surface area contributed by atoms with E-state index in [1.165, 1.54) is 24.9 Å². The lowest BCUT2D eigenvalue weighted by molar-refractivity contribution is 0.439. The van der Waals surface area contributed by atoms with E-state index in [2.05, 4.69) is 0 Å². The lowest BCUT2D eigenvalue weighted by Crippen LogP contribution is -2.07. The highest BCUT2D eigenvalue weighted by Gasteiger charge is 2.31. The third-order valence-electron chi connectivity index (χ3n) is 3.84. The van der Waals surface area contributed by atoms with Gasteiger partial charge in [-0.15, -0.1) is 0 Å². The molecule has 1 aromatic heterocycles. The molecule has 7 heteroatoms. The van der Waals surface area contributed by atoms with Crippen molar-refractivity contribution in [2.24, 2.45) is 0 Å². The van der Waals surface area contributed by atoms with Gasteiger partial charge in [-0.05, 0) is 37.3 Å². The van der Waals surface area contributed by atoms with E-state index >= 15 is 0 Å². The average Bonchev–Trinajstić information content (AvgIpc) is 2.83. The Hall–Kier alpha value is -2.72. The van der Waals surface area contributed by atoms with Crippen LogP contribution in [-0.4, -0.2) is 11.8 Å². The Morgan fingerprint density at radius 3 is 2.58 bits per heavy atom. The number of hydrogen-bond acceptors (Lipinski definition) is 6. The van der Waals surface area contributed by atoms with Gasteiger partial charge in [-0.25, -0.2) is 4.57 Å². The van der Waals surface area contributed by atoms with Crippen molar-refractivity contribution in [2.75, 3.05) is 6.66 Å². The van der Waals surface area contributed by atoms with Gasteiger partial charge in [0.1, 0.15) is 17.1 Å². The molecule has 0 spiro atoms. The maximum Gasteiger partial charge on any atom is 0.427 e. The average molecular weight is 344 g/mol. The van der Waals surface area contributed by atoms with E-state index < -0.39 is 7.60 Å². The molecule has 1 aliphatic heterocycles. The molecule has 1 unspecified atom stereocenters. The van der Waals surface area contributed by atoms with Gasteiger partial charge in [0.15, 0.2) is 16.9 Å². The zero-order valence-corrected chi connectivity index (χ0v) is 13.8. The summed E-state index contributed by atoms with van der Waals surface area (Å²) in [6, 6.07) is 9.32. The predicted octanol–water partition coefficient (Wildman–Crippen LogP) is 4.07. The van der Waals surface area contributed by atoms with Crippen LogP contribution in [0, 0.1) is 6.92 Å². The molecule has 0 bridgehead atoms. The van der Waals surface area contributed by atoms with Gasteiger partial charge < -0.3 is 18.6 Å².